The smallest absolute Gasteiger partial charge is 0.0646 e. The average molecular weight is 355 g/mol. The molecular weight excluding hydrogens is 330 g/mol. The highest BCUT2D eigenvalue weighted by atomic mass is 15.5. The molecule has 1 heterocycles. The van der Waals surface area contributed by atoms with Gasteiger partial charge < -0.3 is 4.90 Å². The summed E-state index contributed by atoms with van der Waals surface area (Å²) in [7, 11) is 0. The molecule has 0 atom stereocenters. The largest absolute Gasteiger partial charge is 0.368 e. The molecule has 3 aromatic carbocycles. The summed E-state index contributed by atoms with van der Waals surface area (Å²) >= 11 is 0. The monoisotopic (exact) mass is 355 g/mol. The highest BCUT2D eigenvalue weighted by Crippen LogP contribution is 2.20. The van der Waals surface area contributed by atoms with Crippen LogP contribution in [-0.2, 0) is 0 Å². The van der Waals surface area contributed by atoms with E-state index in [1.807, 2.05) is 6.07 Å². The lowest BCUT2D eigenvalue weighted by Crippen LogP contribution is -2.44. The van der Waals surface area contributed by atoms with Crippen LogP contribution in [0, 0.1) is 0 Å². The Balaban J connectivity index is 1.40. The van der Waals surface area contributed by atoms with E-state index < -0.39 is 0 Å². The molecule has 3 nitrogen and oxygen atoms in total. The number of nitrogens with zero attached hydrogens (tertiary/aromatic N) is 3. The minimum Gasteiger partial charge on any atom is -0.368 e. The van der Waals surface area contributed by atoms with Crippen molar-refractivity contribution in [1.29, 1.82) is 0 Å². The van der Waals surface area contributed by atoms with Crippen LogP contribution in [0.25, 0.3) is 11.1 Å². The molecular formula is C24H25N3. The summed E-state index contributed by atoms with van der Waals surface area (Å²) in [4.78, 5) is 2.43. The molecule has 0 saturated carbocycles. The number of hydrazone groups is 1. The van der Waals surface area contributed by atoms with E-state index in [9.17, 15) is 0 Å². The zero-order valence-electron chi connectivity index (χ0n) is 15.8. The van der Waals surface area contributed by atoms with Crippen molar-refractivity contribution >= 4 is 11.4 Å². The average Bonchev–Trinajstić information content (AvgIpc) is 2.76. The van der Waals surface area contributed by atoms with Crippen LogP contribution in [0.1, 0.15) is 12.5 Å². The third-order valence-electron chi connectivity index (χ3n) is 5.08. The third kappa shape index (κ3) is 4.20. The molecule has 136 valence electrons. The second kappa shape index (κ2) is 8.09. The molecule has 3 heteroatoms. The van der Waals surface area contributed by atoms with Gasteiger partial charge in [0.25, 0.3) is 0 Å². The van der Waals surface area contributed by atoms with E-state index in [4.69, 9.17) is 5.10 Å². The van der Waals surface area contributed by atoms with Crippen LogP contribution < -0.4 is 4.90 Å². The summed E-state index contributed by atoms with van der Waals surface area (Å²) in [5, 5.41) is 7.05. The van der Waals surface area contributed by atoms with Gasteiger partial charge in [-0.25, -0.2) is 0 Å². The Labute approximate surface area is 161 Å². The first-order valence-corrected chi connectivity index (χ1v) is 9.55. The summed E-state index contributed by atoms with van der Waals surface area (Å²) in [5.74, 6) is 0. The minimum atomic E-state index is 0.953. The molecule has 0 spiro atoms. The normalized spacial score (nSPS) is 15.1. The molecule has 0 aliphatic carbocycles. The van der Waals surface area contributed by atoms with Gasteiger partial charge in [-0.2, -0.15) is 5.10 Å². The number of para-hydroxylation sites is 1. The first-order chi connectivity index (χ1) is 13.3. The molecule has 1 aliphatic heterocycles. The van der Waals surface area contributed by atoms with Crippen LogP contribution in [-0.4, -0.2) is 36.9 Å². The van der Waals surface area contributed by atoms with Crippen LogP contribution >= 0.6 is 0 Å². The van der Waals surface area contributed by atoms with Gasteiger partial charge in [0.05, 0.1) is 18.8 Å². The van der Waals surface area contributed by atoms with Crippen molar-refractivity contribution in [3.8, 4) is 11.1 Å². The summed E-state index contributed by atoms with van der Waals surface area (Å²) < 4.78 is 0. The van der Waals surface area contributed by atoms with Crippen molar-refractivity contribution in [2.45, 2.75) is 6.92 Å². The van der Waals surface area contributed by atoms with Gasteiger partial charge in [0, 0.05) is 18.8 Å². The zero-order valence-corrected chi connectivity index (χ0v) is 15.8. The molecule has 3 aromatic rings. The summed E-state index contributed by atoms with van der Waals surface area (Å²) in [6.45, 7) is 6.02. The standard InChI is InChI=1S/C24H25N3/c1-20(21-12-14-23(15-13-21)22-8-4-2-5-9-22)25-27-18-16-26(17-19-27)24-10-6-3-7-11-24/h2-15H,16-19H2,1H3/b25-20-. The highest BCUT2D eigenvalue weighted by Gasteiger charge is 2.16. The Morgan fingerprint density at radius 1 is 0.667 bits per heavy atom. The lowest BCUT2D eigenvalue weighted by Gasteiger charge is -2.34. The number of piperazine rings is 1. The van der Waals surface area contributed by atoms with Crippen LogP contribution in [0.4, 0.5) is 5.69 Å². The van der Waals surface area contributed by atoms with Gasteiger partial charge in [0.1, 0.15) is 0 Å². The Morgan fingerprint density at radius 2 is 1.22 bits per heavy atom. The van der Waals surface area contributed by atoms with Gasteiger partial charge in [0.2, 0.25) is 0 Å². The van der Waals surface area contributed by atoms with Gasteiger partial charge in [0.15, 0.2) is 0 Å². The van der Waals surface area contributed by atoms with E-state index >= 15 is 0 Å². The van der Waals surface area contributed by atoms with Crippen molar-refractivity contribution in [3.05, 3.63) is 90.5 Å². The van der Waals surface area contributed by atoms with E-state index in [0.717, 1.165) is 31.9 Å². The van der Waals surface area contributed by atoms with E-state index in [1.54, 1.807) is 0 Å². The SMILES string of the molecule is C/C(=N/N1CCN(c2ccccc2)CC1)c1ccc(-c2ccccc2)cc1. The summed E-state index contributed by atoms with van der Waals surface area (Å²) in [6.07, 6.45) is 0. The topological polar surface area (TPSA) is 18.8 Å². The Hall–Kier alpha value is -3.07. The lowest BCUT2D eigenvalue weighted by atomic mass is 10.0. The second-order valence-corrected chi connectivity index (χ2v) is 6.91. The number of benzene rings is 3. The van der Waals surface area contributed by atoms with Crippen molar-refractivity contribution < 1.29 is 0 Å². The van der Waals surface area contributed by atoms with Gasteiger partial charge in [-0.3, -0.25) is 5.01 Å². The van der Waals surface area contributed by atoms with Gasteiger partial charge in [-0.15, -0.1) is 0 Å². The fourth-order valence-electron chi connectivity index (χ4n) is 3.50. The van der Waals surface area contributed by atoms with E-state index in [-0.39, 0.29) is 0 Å². The maximum atomic E-state index is 4.86. The highest BCUT2D eigenvalue weighted by molar-refractivity contribution is 5.98. The predicted octanol–water partition coefficient (Wildman–Crippen LogP) is 4.90. The summed E-state index contributed by atoms with van der Waals surface area (Å²) in [6, 6.07) is 29.8. The second-order valence-electron chi connectivity index (χ2n) is 6.91. The molecule has 0 amide bonds. The zero-order chi connectivity index (χ0) is 18.5. The van der Waals surface area contributed by atoms with Gasteiger partial charge in [-0.1, -0.05) is 72.8 Å². The fourth-order valence-corrected chi connectivity index (χ4v) is 3.50. The predicted molar refractivity (Wildman–Crippen MR) is 114 cm³/mol. The third-order valence-corrected chi connectivity index (χ3v) is 5.08. The molecule has 4 rings (SSSR count). The van der Waals surface area contributed by atoms with Crippen LogP contribution in [0.15, 0.2) is 90.0 Å². The number of rotatable bonds is 4. The molecule has 0 radical (unpaired) electrons. The van der Waals surface area contributed by atoms with E-state index in [2.05, 4.69) is 95.7 Å². The molecule has 1 fully saturated rings. The molecule has 0 aromatic heterocycles. The van der Waals surface area contributed by atoms with Crippen molar-refractivity contribution in [1.82, 2.24) is 5.01 Å². The maximum absolute atomic E-state index is 4.86. The lowest BCUT2D eigenvalue weighted by molar-refractivity contribution is 0.270. The fraction of sp³-hybridized carbons (Fsp3) is 0.208. The first kappa shape index (κ1) is 17.3. The van der Waals surface area contributed by atoms with Crippen molar-refractivity contribution in [2.75, 3.05) is 31.1 Å². The Morgan fingerprint density at radius 3 is 1.85 bits per heavy atom. The van der Waals surface area contributed by atoms with Gasteiger partial charge >= 0.3 is 0 Å². The van der Waals surface area contributed by atoms with E-state index in [0.29, 0.717) is 0 Å². The molecule has 1 aliphatic rings. The van der Waals surface area contributed by atoms with Crippen molar-refractivity contribution in [2.24, 2.45) is 5.10 Å². The van der Waals surface area contributed by atoms with E-state index in [1.165, 1.54) is 22.4 Å². The number of hydrogen-bond donors (Lipinski definition) is 0. The van der Waals surface area contributed by atoms with Crippen molar-refractivity contribution in [3.63, 3.8) is 0 Å². The number of hydrogen-bond acceptors (Lipinski definition) is 3. The molecule has 1 saturated heterocycles. The first-order valence-electron chi connectivity index (χ1n) is 9.55. The number of anilines is 1. The van der Waals surface area contributed by atoms with Crippen LogP contribution in [0.3, 0.4) is 0 Å². The summed E-state index contributed by atoms with van der Waals surface area (Å²) in [5.41, 5.74) is 6.04. The quantitative estimate of drug-likeness (QED) is 0.620. The molecule has 0 N–H and O–H groups in total. The molecule has 0 unspecified atom stereocenters. The van der Waals surface area contributed by atoms with Gasteiger partial charge in [-0.05, 0) is 35.7 Å². The maximum Gasteiger partial charge on any atom is 0.0646 e. The van der Waals surface area contributed by atoms with Crippen LogP contribution in [0.2, 0.25) is 0 Å². The molecule has 27 heavy (non-hydrogen) atoms. The minimum absolute atomic E-state index is 0.953. The Bertz CT molecular complexity index is 878. The Kier molecular flexibility index (Phi) is 5.20. The molecule has 0 bridgehead atoms. The van der Waals surface area contributed by atoms with Crippen LogP contribution in [0.5, 0.6) is 0 Å².